The molecular formula is C19H25NO3. The molecular weight excluding hydrogens is 290 g/mol. The first-order valence-electron chi connectivity index (χ1n) is 7.66. The Morgan fingerprint density at radius 1 is 1.17 bits per heavy atom. The van der Waals surface area contributed by atoms with Crippen molar-refractivity contribution < 1.29 is 14.7 Å². The van der Waals surface area contributed by atoms with Crippen LogP contribution in [0, 0.1) is 19.8 Å². The highest BCUT2D eigenvalue weighted by Crippen LogP contribution is 2.18. The first kappa shape index (κ1) is 18.8. The Bertz CT molecular complexity index is 582. The Hall–Kier alpha value is -2.20. The quantitative estimate of drug-likeness (QED) is 0.532. The van der Waals surface area contributed by atoms with E-state index in [1.165, 1.54) is 0 Å². The number of carbonyl (C=O) groups excluding carboxylic acids is 1. The molecule has 1 atom stereocenters. The molecule has 1 unspecified atom stereocenters. The molecule has 23 heavy (non-hydrogen) atoms. The SMILES string of the molecule is C=CCN(CC=C)CC(CC(=O)O)C(=O)c1ccc(C)c(C)c1. The minimum absolute atomic E-state index is 0.131. The molecule has 1 aromatic rings. The van der Waals surface area contributed by atoms with Crippen LogP contribution in [-0.2, 0) is 4.79 Å². The zero-order valence-corrected chi connectivity index (χ0v) is 13.9. The van der Waals surface area contributed by atoms with Gasteiger partial charge in [0, 0.05) is 31.1 Å². The highest BCUT2D eigenvalue weighted by atomic mass is 16.4. The van der Waals surface area contributed by atoms with Crippen LogP contribution >= 0.6 is 0 Å². The second-order valence-electron chi connectivity index (χ2n) is 5.75. The number of aryl methyl sites for hydroxylation is 2. The van der Waals surface area contributed by atoms with Crippen LogP contribution in [0.4, 0.5) is 0 Å². The molecule has 0 aromatic heterocycles. The van der Waals surface area contributed by atoms with Gasteiger partial charge in [0.2, 0.25) is 0 Å². The maximum atomic E-state index is 12.7. The van der Waals surface area contributed by atoms with Gasteiger partial charge in [-0.1, -0.05) is 24.3 Å². The van der Waals surface area contributed by atoms with Crippen LogP contribution in [0.1, 0.15) is 27.9 Å². The van der Waals surface area contributed by atoms with Gasteiger partial charge in [-0.3, -0.25) is 14.5 Å². The lowest BCUT2D eigenvalue weighted by Gasteiger charge is -2.24. The topological polar surface area (TPSA) is 57.6 Å². The van der Waals surface area contributed by atoms with Crippen LogP contribution in [0.15, 0.2) is 43.5 Å². The van der Waals surface area contributed by atoms with Gasteiger partial charge in [-0.2, -0.15) is 0 Å². The Labute approximate surface area is 138 Å². The summed E-state index contributed by atoms with van der Waals surface area (Å²) in [6.45, 7) is 12.9. The standard InChI is InChI=1S/C19H25NO3/c1-5-9-20(10-6-2)13-17(12-18(21)22)19(23)16-8-7-14(3)15(4)11-16/h5-8,11,17H,1-2,9-10,12-13H2,3-4H3,(H,21,22). The van der Waals surface area contributed by atoms with Crippen molar-refractivity contribution in [2.24, 2.45) is 5.92 Å². The number of carbonyl (C=O) groups is 2. The Morgan fingerprint density at radius 2 is 1.78 bits per heavy atom. The monoisotopic (exact) mass is 315 g/mol. The number of nitrogens with zero attached hydrogens (tertiary/aromatic N) is 1. The Balaban J connectivity index is 3.00. The number of benzene rings is 1. The molecule has 0 radical (unpaired) electrons. The predicted octanol–water partition coefficient (Wildman–Crippen LogP) is 3.25. The van der Waals surface area contributed by atoms with E-state index in [1.807, 2.05) is 30.9 Å². The molecule has 1 N–H and O–H groups in total. The van der Waals surface area contributed by atoms with E-state index >= 15 is 0 Å². The van der Waals surface area contributed by atoms with Crippen LogP contribution < -0.4 is 0 Å². The van der Waals surface area contributed by atoms with E-state index in [0.717, 1.165) is 11.1 Å². The van der Waals surface area contributed by atoms with Crippen molar-refractivity contribution in [3.8, 4) is 0 Å². The molecule has 124 valence electrons. The summed E-state index contributed by atoms with van der Waals surface area (Å²) >= 11 is 0. The van der Waals surface area contributed by atoms with E-state index in [4.69, 9.17) is 5.11 Å². The number of hydrogen-bond donors (Lipinski definition) is 1. The molecule has 1 rings (SSSR count). The molecule has 0 spiro atoms. The van der Waals surface area contributed by atoms with Crippen molar-refractivity contribution >= 4 is 11.8 Å². The third-order valence-corrected chi connectivity index (χ3v) is 3.84. The summed E-state index contributed by atoms with van der Waals surface area (Å²) in [6, 6.07) is 5.49. The average molecular weight is 315 g/mol. The number of ketones is 1. The lowest BCUT2D eigenvalue weighted by Crippen LogP contribution is -2.35. The van der Waals surface area contributed by atoms with Gasteiger partial charge < -0.3 is 5.11 Å². The van der Waals surface area contributed by atoms with Crippen molar-refractivity contribution in [3.05, 3.63) is 60.2 Å². The fourth-order valence-corrected chi connectivity index (χ4v) is 2.48. The smallest absolute Gasteiger partial charge is 0.304 e. The van der Waals surface area contributed by atoms with E-state index < -0.39 is 11.9 Å². The molecule has 0 aliphatic carbocycles. The van der Waals surface area contributed by atoms with Crippen LogP contribution in [0.3, 0.4) is 0 Å². The number of aliphatic carboxylic acids is 1. The van der Waals surface area contributed by atoms with Gasteiger partial charge >= 0.3 is 5.97 Å². The zero-order chi connectivity index (χ0) is 17.4. The van der Waals surface area contributed by atoms with Crippen molar-refractivity contribution in [2.75, 3.05) is 19.6 Å². The molecule has 4 heteroatoms. The van der Waals surface area contributed by atoms with Crippen LogP contribution in [0.5, 0.6) is 0 Å². The molecule has 0 aliphatic heterocycles. The number of rotatable bonds is 10. The normalized spacial score (nSPS) is 12.0. The largest absolute Gasteiger partial charge is 0.481 e. The zero-order valence-electron chi connectivity index (χ0n) is 13.9. The number of carboxylic acid groups (broad SMARTS) is 1. The minimum atomic E-state index is -0.968. The van der Waals surface area contributed by atoms with E-state index in [9.17, 15) is 9.59 Å². The molecule has 0 bridgehead atoms. The summed E-state index contributed by atoms with van der Waals surface area (Å²) in [5.74, 6) is -1.69. The van der Waals surface area contributed by atoms with E-state index in [-0.39, 0.29) is 12.2 Å². The first-order chi connectivity index (χ1) is 10.9. The lowest BCUT2D eigenvalue weighted by molar-refractivity contribution is -0.137. The van der Waals surface area contributed by atoms with Gasteiger partial charge in [-0.25, -0.2) is 0 Å². The van der Waals surface area contributed by atoms with Gasteiger partial charge in [0.05, 0.1) is 6.42 Å². The highest BCUT2D eigenvalue weighted by molar-refractivity contribution is 5.99. The summed E-state index contributed by atoms with van der Waals surface area (Å²) in [7, 11) is 0. The van der Waals surface area contributed by atoms with Gasteiger partial charge in [0.1, 0.15) is 0 Å². The van der Waals surface area contributed by atoms with E-state index in [1.54, 1.807) is 18.2 Å². The third kappa shape index (κ3) is 5.83. The number of Topliss-reactive ketones (excluding diaryl/α,β-unsaturated/α-hetero) is 1. The van der Waals surface area contributed by atoms with Crippen LogP contribution in [0.2, 0.25) is 0 Å². The van der Waals surface area contributed by atoms with Gasteiger partial charge in [-0.05, 0) is 31.0 Å². The second-order valence-corrected chi connectivity index (χ2v) is 5.75. The molecule has 0 fully saturated rings. The highest BCUT2D eigenvalue weighted by Gasteiger charge is 2.25. The van der Waals surface area contributed by atoms with Crippen molar-refractivity contribution in [1.29, 1.82) is 0 Å². The Morgan fingerprint density at radius 3 is 2.26 bits per heavy atom. The molecule has 0 amide bonds. The van der Waals surface area contributed by atoms with Gasteiger partial charge in [0.15, 0.2) is 5.78 Å². The summed E-state index contributed by atoms with van der Waals surface area (Å²) in [6.07, 6.45) is 3.29. The van der Waals surface area contributed by atoms with Crippen LogP contribution in [0.25, 0.3) is 0 Å². The number of hydrogen-bond acceptors (Lipinski definition) is 3. The fourth-order valence-electron chi connectivity index (χ4n) is 2.48. The van der Waals surface area contributed by atoms with Gasteiger partial charge in [-0.15, -0.1) is 13.2 Å². The average Bonchev–Trinajstić information content (AvgIpc) is 2.48. The van der Waals surface area contributed by atoms with E-state index in [0.29, 0.717) is 25.2 Å². The maximum Gasteiger partial charge on any atom is 0.304 e. The van der Waals surface area contributed by atoms with Crippen molar-refractivity contribution in [2.45, 2.75) is 20.3 Å². The molecule has 0 saturated heterocycles. The summed E-state index contributed by atoms with van der Waals surface area (Å²) < 4.78 is 0. The van der Waals surface area contributed by atoms with E-state index in [2.05, 4.69) is 13.2 Å². The summed E-state index contributed by atoms with van der Waals surface area (Å²) in [5, 5.41) is 9.14. The molecule has 1 aromatic carbocycles. The third-order valence-electron chi connectivity index (χ3n) is 3.84. The first-order valence-corrected chi connectivity index (χ1v) is 7.66. The van der Waals surface area contributed by atoms with Crippen molar-refractivity contribution in [1.82, 2.24) is 4.90 Å². The number of carboxylic acids is 1. The molecule has 0 aliphatic rings. The summed E-state index contributed by atoms with van der Waals surface area (Å²) in [5.41, 5.74) is 2.70. The molecule has 0 saturated carbocycles. The lowest BCUT2D eigenvalue weighted by atomic mass is 9.92. The predicted molar refractivity (Wildman–Crippen MR) is 92.8 cm³/mol. The second kappa shape index (κ2) is 9.06. The fraction of sp³-hybridized carbons (Fsp3) is 0.368. The van der Waals surface area contributed by atoms with Crippen LogP contribution in [-0.4, -0.2) is 41.4 Å². The summed E-state index contributed by atoms with van der Waals surface area (Å²) in [4.78, 5) is 25.9. The van der Waals surface area contributed by atoms with Crippen molar-refractivity contribution in [3.63, 3.8) is 0 Å². The maximum absolute atomic E-state index is 12.7. The Kier molecular flexibility index (Phi) is 7.42. The molecule has 0 heterocycles. The minimum Gasteiger partial charge on any atom is -0.481 e. The van der Waals surface area contributed by atoms with Gasteiger partial charge in [0.25, 0.3) is 0 Å². The molecule has 4 nitrogen and oxygen atoms in total.